The van der Waals surface area contributed by atoms with Crippen LogP contribution >= 0.6 is 15.9 Å². The summed E-state index contributed by atoms with van der Waals surface area (Å²) in [6.45, 7) is 0. The van der Waals surface area contributed by atoms with Gasteiger partial charge in [-0.2, -0.15) is 0 Å². The molecule has 0 aliphatic heterocycles. The first kappa shape index (κ1) is 11.4. The summed E-state index contributed by atoms with van der Waals surface area (Å²) >= 11 is 3.30. The van der Waals surface area contributed by atoms with Gasteiger partial charge in [0.1, 0.15) is 0 Å². The van der Waals surface area contributed by atoms with E-state index in [2.05, 4.69) is 15.9 Å². The van der Waals surface area contributed by atoms with E-state index in [1.165, 1.54) is 6.07 Å². The molecule has 0 N–H and O–H groups in total. The van der Waals surface area contributed by atoms with Gasteiger partial charge >= 0.3 is 0 Å². The molecule has 0 aromatic heterocycles. The molecule has 76 valence electrons. The van der Waals surface area contributed by atoms with Gasteiger partial charge in [0.2, 0.25) is 0 Å². The van der Waals surface area contributed by atoms with Gasteiger partial charge in [-0.3, -0.25) is 0 Å². The van der Waals surface area contributed by atoms with Crippen LogP contribution in [0.5, 0.6) is 0 Å². The van der Waals surface area contributed by atoms with Crippen molar-refractivity contribution in [2.75, 3.05) is 5.33 Å². The summed E-state index contributed by atoms with van der Waals surface area (Å²) in [4.78, 5) is 0. The Kier molecular flexibility index (Phi) is 4.80. The van der Waals surface area contributed by atoms with Gasteiger partial charge in [0.05, 0.1) is 0 Å². The van der Waals surface area contributed by atoms with Gasteiger partial charge in [0.25, 0.3) is 0 Å². The van der Waals surface area contributed by atoms with Crippen molar-refractivity contribution in [1.82, 2.24) is 0 Å². The molecule has 0 fully saturated rings. The van der Waals surface area contributed by atoms with Crippen LogP contribution in [0.1, 0.15) is 12.0 Å². The van der Waals surface area contributed by atoms with E-state index < -0.39 is 11.6 Å². The Morgan fingerprint density at radius 2 is 1.93 bits per heavy atom. The molecule has 0 aliphatic rings. The van der Waals surface area contributed by atoms with Crippen LogP contribution < -0.4 is 0 Å². The number of benzene rings is 1. The summed E-state index contributed by atoms with van der Waals surface area (Å²) < 4.78 is 25.3. The lowest BCUT2D eigenvalue weighted by Gasteiger charge is -1.97. The van der Waals surface area contributed by atoms with Crippen molar-refractivity contribution >= 4 is 15.9 Å². The highest BCUT2D eigenvalue weighted by Crippen LogP contribution is 2.09. The monoisotopic (exact) mass is 260 g/mol. The van der Waals surface area contributed by atoms with Crippen LogP contribution in [0, 0.1) is 11.6 Å². The van der Waals surface area contributed by atoms with Crippen molar-refractivity contribution in [3.05, 3.63) is 47.5 Å². The van der Waals surface area contributed by atoms with Gasteiger partial charge in [0.15, 0.2) is 11.6 Å². The van der Waals surface area contributed by atoms with Gasteiger partial charge in [0, 0.05) is 5.33 Å². The van der Waals surface area contributed by atoms with Crippen molar-refractivity contribution < 1.29 is 8.78 Å². The maximum absolute atomic E-state index is 12.7. The first-order chi connectivity index (χ1) is 6.74. The van der Waals surface area contributed by atoms with Gasteiger partial charge in [-0.05, 0) is 30.5 Å². The number of hydrogen-bond acceptors (Lipinski definition) is 0. The van der Waals surface area contributed by atoms with Crippen LogP contribution in [0.25, 0.3) is 0 Å². The Bertz CT molecular complexity index is 321. The van der Waals surface area contributed by atoms with Gasteiger partial charge in [-0.15, -0.1) is 0 Å². The zero-order valence-corrected chi connectivity index (χ0v) is 9.23. The quantitative estimate of drug-likeness (QED) is 0.570. The second-order valence-corrected chi connectivity index (χ2v) is 3.69. The van der Waals surface area contributed by atoms with Crippen LogP contribution in [0.4, 0.5) is 8.78 Å². The zero-order chi connectivity index (χ0) is 10.4. The standard InChI is InChI=1S/C11H11BrF2/c12-7-3-1-2-4-9-5-6-10(13)11(14)8-9/h1-2,5-6,8H,3-4,7H2/b2-1+. The van der Waals surface area contributed by atoms with Crippen LogP contribution in [0.15, 0.2) is 30.4 Å². The molecule has 0 atom stereocenters. The molecule has 3 heteroatoms. The SMILES string of the molecule is Fc1ccc(C/C=C/CCBr)cc1F. The Balaban J connectivity index is 2.55. The molecule has 1 aromatic carbocycles. The molecule has 1 rings (SSSR count). The van der Waals surface area contributed by atoms with Crippen molar-refractivity contribution in [1.29, 1.82) is 0 Å². The minimum Gasteiger partial charge on any atom is -0.204 e. The van der Waals surface area contributed by atoms with Crippen LogP contribution in [0.3, 0.4) is 0 Å². The minimum atomic E-state index is -0.793. The third kappa shape index (κ3) is 3.58. The second kappa shape index (κ2) is 5.91. The average Bonchev–Trinajstić information content (AvgIpc) is 2.18. The molecular formula is C11H11BrF2. The fourth-order valence-corrected chi connectivity index (χ4v) is 1.33. The smallest absolute Gasteiger partial charge is 0.159 e. The molecule has 0 nitrogen and oxygen atoms in total. The lowest BCUT2D eigenvalue weighted by atomic mass is 10.1. The number of hydrogen-bond donors (Lipinski definition) is 0. The van der Waals surface area contributed by atoms with Crippen molar-refractivity contribution in [3.8, 4) is 0 Å². The lowest BCUT2D eigenvalue weighted by molar-refractivity contribution is 0.507. The van der Waals surface area contributed by atoms with Crippen LogP contribution in [0.2, 0.25) is 0 Å². The van der Waals surface area contributed by atoms with Gasteiger partial charge in [-0.1, -0.05) is 34.1 Å². The number of alkyl halides is 1. The highest BCUT2D eigenvalue weighted by atomic mass is 79.9. The van der Waals surface area contributed by atoms with E-state index in [0.717, 1.165) is 23.4 Å². The molecule has 0 amide bonds. The third-order valence-electron chi connectivity index (χ3n) is 1.78. The zero-order valence-electron chi connectivity index (χ0n) is 7.64. The molecule has 0 saturated carbocycles. The normalized spacial score (nSPS) is 11.1. The summed E-state index contributed by atoms with van der Waals surface area (Å²) in [6, 6.07) is 3.98. The molecule has 14 heavy (non-hydrogen) atoms. The second-order valence-electron chi connectivity index (χ2n) is 2.90. The van der Waals surface area contributed by atoms with E-state index in [1.54, 1.807) is 6.07 Å². The molecule has 0 heterocycles. The van der Waals surface area contributed by atoms with Crippen LogP contribution in [-0.4, -0.2) is 5.33 Å². The molecule has 0 saturated heterocycles. The summed E-state index contributed by atoms with van der Waals surface area (Å²) in [5, 5.41) is 0.918. The Morgan fingerprint density at radius 3 is 2.57 bits per heavy atom. The average molecular weight is 261 g/mol. The molecule has 1 aromatic rings. The van der Waals surface area contributed by atoms with E-state index in [0.29, 0.717) is 6.42 Å². The Labute approximate surface area is 90.8 Å². The summed E-state index contributed by atoms with van der Waals surface area (Å²) in [5.41, 5.74) is 0.787. The summed E-state index contributed by atoms with van der Waals surface area (Å²) in [6.07, 6.45) is 5.55. The van der Waals surface area contributed by atoms with E-state index in [4.69, 9.17) is 0 Å². The topological polar surface area (TPSA) is 0 Å². The maximum atomic E-state index is 12.7. The number of rotatable bonds is 4. The number of allylic oxidation sites excluding steroid dienone is 2. The lowest BCUT2D eigenvalue weighted by Crippen LogP contribution is -1.87. The molecule has 0 bridgehead atoms. The van der Waals surface area contributed by atoms with Crippen molar-refractivity contribution in [2.24, 2.45) is 0 Å². The predicted octanol–water partition coefficient (Wildman–Crippen LogP) is 3.85. The van der Waals surface area contributed by atoms with Crippen molar-refractivity contribution in [3.63, 3.8) is 0 Å². The summed E-state index contributed by atoms with van der Waals surface area (Å²) in [7, 11) is 0. The number of halogens is 3. The molecular weight excluding hydrogens is 250 g/mol. The summed E-state index contributed by atoms with van der Waals surface area (Å²) in [5.74, 6) is -1.57. The molecule has 0 radical (unpaired) electrons. The Morgan fingerprint density at radius 1 is 1.14 bits per heavy atom. The fraction of sp³-hybridized carbons (Fsp3) is 0.273. The minimum absolute atomic E-state index is 0.643. The van der Waals surface area contributed by atoms with E-state index in [1.807, 2.05) is 12.2 Å². The first-order valence-corrected chi connectivity index (χ1v) is 5.51. The molecule has 0 unspecified atom stereocenters. The fourth-order valence-electron chi connectivity index (χ4n) is 1.07. The van der Waals surface area contributed by atoms with Crippen LogP contribution in [-0.2, 0) is 6.42 Å². The molecule has 0 aliphatic carbocycles. The third-order valence-corrected chi connectivity index (χ3v) is 2.24. The van der Waals surface area contributed by atoms with E-state index >= 15 is 0 Å². The van der Waals surface area contributed by atoms with E-state index in [9.17, 15) is 8.78 Å². The highest BCUT2D eigenvalue weighted by Gasteiger charge is 2.00. The molecule has 0 spiro atoms. The predicted molar refractivity (Wildman–Crippen MR) is 57.6 cm³/mol. The first-order valence-electron chi connectivity index (χ1n) is 4.39. The maximum Gasteiger partial charge on any atom is 0.159 e. The Hall–Kier alpha value is -0.700. The van der Waals surface area contributed by atoms with Gasteiger partial charge < -0.3 is 0 Å². The van der Waals surface area contributed by atoms with E-state index in [-0.39, 0.29) is 0 Å². The van der Waals surface area contributed by atoms with Gasteiger partial charge in [-0.25, -0.2) is 8.78 Å². The van der Waals surface area contributed by atoms with Crippen molar-refractivity contribution in [2.45, 2.75) is 12.8 Å². The highest BCUT2D eigenvalue weighted by molar-refractivity contribution is 9.09. The largest absolute Gasteiger partial charge is 0.204 e.